The predicted octanol–water partition coefficient (Wildman–Crippen LogP) is 2.41. The Balaban J connectivity index is 2.38. The maximum atomic E-state index is 11.0. The molecule has 0 aliphatic rings. The molecule has 2 N–H and O–H groups in total. The second-order valence-electron chi connectivity index (χ2n) is 4.00. The molecule has 2 rings (SSSR count). The van der Waals surface area contributed by atoms with Crippen LogP contribution in [0, 0.1) is 0 Å². The van der Waals surface area contributed by atoms with E-state index in [0.717, 1.165) is 5.56 Å². The van der Waals surface area contributed by atoms with Gasteiger partial charge in [0.15, 0.2) is 0 Å². The van der Waals surface area contributed by atoms with Gasteiger partial charge in [-0.2, -0.15) is 0 Å². The SMILES string of the molecule is CC(=O)Nc1cccc(-c2cc(C(=O)O)ccn2)c1. The first-order chi connectivity index (χ1) is 9.06. The Bertz CT molecular complexity index is 638. The van der Waals surface area contributed by atoms with E-state index in [9.17, 15) is 9.59 Å². The summed E-state index contributed by atoms with van der Waals surface area (Å²) in [6.07, 6.45) is 1.45. The number of anilines is 1. The normalized spacial score (nSPS) is 9.95. The number of carbonyl (C=O) groups excluding carboxylic acids is 1. The van der Waals surface area contributed by atoms with Crippen molar-refractivity contribution in [1.82, 2.24) is 4.98 Å². The molecule has 96 valence electrons. The molecule has 1 heterocycles. The van der Waals surface area contributed by atoms with E-state index in [1.165, 1.54) is 25.3 Å². The van der Waals surface area contributed by atoms with Crippen molar-refractivity contribution in [2.45, 2.75) is 6.92 Å². The Labute approximate surface area is 109 Å². The topological polar surface area (TPSA) is 79.3 Å². The number of nitrogens with one attached hydrogen (secondary N) is 1. The van der Waals surface area contributed by atoms with Gasteiger partial charge >= 0.3 is 5.97 Å². The van der Waals surface area contributed by atoms with Gasteiger partial charge in [0, 0.05) is 24.4 Å². The van der Waals surface area contributed by atoms with Gasteiger partial charge in [0.2, 0.25) is 5.91 Å². The van der Waals surface area contributed by atoms with Gasteiger partial charge in [-0.25, -0.2) is 4.79 Å². The quantitative estimate of drug-likeness (QED) is 0.883. The molecule has 5 nitrogen and oxygen atoms in total. The average molecular weight is 256 g/mol. The van der Waals surface area contributed by atoms with Crippen LogP contribution in [0.3, 0.4) is 0 Å². The third kappa shape index (κ3) is 3.16. The average Bonchev–Trinajstić information content (AvgIpc) is 2.38. The molecule has 1 aromatic carbocycles. The van der Waals surface area contributed by atoms with Crippen LogP contribution in [0.5, 0.6) is 0 Å². The molecule has 1 amide bonds. The van der Waals surface area contributed by atoms with Gasteiger partial charge in [-0.15, -0.1) is 0 Å². The Morgan fingerprint density at radius 1 is 1.21 bits per heavy atom. The molecule has 0 radical (unpaired) electrons. The number of rotatable bonds is 3. The summed E-state index contributed by atoms with van der Waals surface area (Å²) in [5.41, 5.74) is 2.11. The molecule has 0 saturated carbocycles. The summed E-state index contributed by atoms with van der Waals surface area (Å²) in [5.74, 6) is -1.16. The third-order valence-electron chi connectivity index (χ3n) is 2.49. The fourth-order valence-corrected chi connectivity index (χ4v) is 1.68. The minimum atomic E-state index is -0.998. The van der Waals surface area contributed by atoms with E-state index in [-0.39, 0.29) is 11.5 Å². The lowest BCUT2D eigenvalue weighted by Gasteiger charge is -2.06. The molecule has 0 aliphatic heterocycles. The summed E-state index contributed by atoms with van der Waals surface area (Å²) >= 11 is 0. The second-order valence-corrected chi connectivity index (χ2v) is 4.00. The number of aromatic carboxylic acids is 1. The summed E-state index contributed by atoms with van der Waals surface area (Å²) in [4.78, 5) is 26.0. The van der Waals surface area contributed by atoms with Gasteiger partial charge < -0.3 is 10.4 Å². The highest BCUT2D eigenvalue weighted by molar-refractivity contribution is 5.90. The number of hydrogen-bond donors (Lipinski definition) is 2. The van der Waals surface area contributed by atoms with Gasteiger partial charge in [0.25, 0.3) is 0 Å². The van der Waals surface area contributed by atoms with E-state index in [4.69, 9.17) is 5.11 Å². The molecule has 0 fully saturated rings. The third-order valence-corrected chi connectivity index (χ3v) is 2.49. The van der Waals surface area contributed by atoms with Gasteiger partial charge in [0.1, 0.15) is 0 Å². The highest BCUT2D eigenvalue weighted by atomic mass is 16.4. The number of benzene rings is 1. The lowest BCUT2D eigenvalue weighted by Crippen LogP contribution is -2.05. The zero-order valence-electron chi connectivity index (χ0n) is 10.3. The van der Waals surface area contributed by atoms with E-state index in [1.54, 1.807) is 24.3 Å². The second kappa shape index (κ2) is 5.30. The lowest BCUT2D eigenvalue weighted by atomic mass is 10.1. The van der Waals surface area contributed by atoms with E-state index >= 15 is 0 Å². The number of pyridine rings is 1. The van der Waals surface area contributed by atoms with Gasteiger partial charge in [-0.05, 0) is 24.3 Å². The number of hydrogen-bond acceptors (Lipinski definition) is 3. The van der Waals surface area contributed by atoms with Gasteiger partial charge in [0.05, 0.1) is 11.3 Å². The number of carbonyl (C=O) groups is 2. The van der Waals surface area contributed by atoms with E-state index in [2.05, 4.69) is 10.3 Å². The zero-order chi connectivity index (χ0) is 13.8. The summed E-state index contributed by atoms with van der Waals surface area (Å²) in [7, 11) is 0. The van der Waals surface area contributed by atoms with Crippen LogP contribution in [-0.4, -0.2) is 22.0 Å². The first kappa shape index (κ1) is 12.8. The van der Waals surface area contributed by atoms with E-state index in [1.807, 2.05) is 0 Å². The highest BCUT2D eigenvalue weighted by Crippen LogP contribution is 2.21. The molecular formula is C14H12N2O3. The minimum Gasteiger partial charge on any atom is -0.478 e. The van der Waals surface area contributed by atoms with Crippen molar-refractivity contribution in [3.05, 3.63) is 48.2 Å². The van der Waals surface area contributed by atoms with Crippen molar-refractivity contribution in [3.8, 4) is 11.3 Å². The van der Waals surface area contributed by atoms with Crippen molar-refractivity contribution in [3.63, 3.8) is 0 Å². The van der Waals surface area contributed by atoms with Crippen LogP contribution in [0.2, 0.25) is 0 Å². The monoisotopic (exact) mass is 256 g/mol. The number of carboxylic acid groups (broad SMARTS) is 1. The number of nitrogens with zero attached hydrogens (tertiary/aromatic N) is 1. The van der Waals surface area contributed by atoms with Crippen LogP contribution < -0.4 is 5.32 Å². The molecule has 0 unspecified atom stereocenters. The van der Waals surface area contributed by atoms with Crippen molar-refractivity contribution < 1.29 is 14.7 Å². The fraction of sp³-hybridized carbons (Fsp3) is 0.0714. The minimum absolute atomic E-state index is 0.163. The zero-order valence-corrected chi connectivity index (χ0v) is 10.3. The Morgan fingerprint density at radius 3 is 2.68 bits per heavy atom. The van der Waals surface area contributed by atoms with Gasteiger partial charge in [-0.3, -0.25) is 9.78 Å². The van der Waals surface area contributed by atoms with Crippen molar-refractivity contribution in [1.29, 1.82) is 0 Å². The fourth-order valence-electron chi connectivity index (χ4n) is 1.68. The predicted molar refractivity (Wildman–Crippen MR) is 70.9 cm³/mol. The smallest absolute Gasteiger partial charge is 0.335 e. The van der Waals surface area contributed by atoms with Crippen LogP contribution in [0.15, 0.2) is 42.6 Å². The van der Waals surface area contributed by atoms with Crippen molar-refractivity contribution in [2.24, 2.45) is 0 Å². The molecule has 0 spiro atoms. The summed E-state index contributed by atoms with van der Waals surface area (Å²) in [5, 5.41) is 11.6. The molecule has 0 atom stereocenters. The molecule has 0 bridgehead atoms. The summed E-state index contributed by atoms with van der Waals surface area (Å²) in [6, 6.07) is 10.0. The van der Waals surface area contributed by atoms with Gasteiger partial charge in [-0.1, -0.05) is 12.1 Å². The molecule has 2 aromatic rings. The Kier molecular flexibility index (Phi) is 3.56. The van der Waals surface area contributed by atoms with Crippen LogP contribution in [-0.2, 0) is 4.79 Å². The summed E-state index contributed by atoms with van der Waals surface area (Å²) < 4.78 is 0. The number of amides is 1. The summed E-state index contributed by atoms with van der Waals surface area (Å²) in [6.45, 7) is 1.43. The lowest BCUT2D eigenvalue weighted by molar-refractivity contribution is -0.114. The number of aromatic nitrogens is 1. The Morgan fingerprint density at radius 2 is 2.00 bits per heavy atom. The van der Waals surface area contributed by atoms with Crippen molar-refractivity contribution >= 4 is 17.6 Å². The molecule has 19 heavy (non-hydrogen) atoms. The molecule has 0 aliphatic carbocycles. The molecule has 1 aromatic heterocycles. The van der Waals surface area contributed by atoms with Crippen LogP contribution in [0.25, 0.3) is 11.3 Å². The first-order valence-corrected chi connectivity index (χ1v) is 5.63. The number of carboxylic acids is 1. The maximum Gasteiger partial charge on any atom is 0.335 e. The first-order valence-electron chi connectivity index (χ1n) is 5.63. The Hall–Kier alpha value is -2.69. The van der Waals surface area contributed by atoms with Crippen molar-refractivity contribution in [2.75, 3.05) is 5.32 Å². The van der Waals surface area contributed by atoms with E-state index in [0.29, 0.717) is 11.4 Å². The van der Waals surface area contributed by atoms with Crippen LogP contribution >= 0.6 is 0 Å². The standard InChI is InChI=1S/C14H12N2O3/c1-9(17)16-12-4-2-3-10(7-12)13-8-11(14(18)19)5-6-15-13/h2-8H,1H3,(H,16,17)(H,18,19). The van der Waals surface area contributed by atoms with Crippen LogP contribution in [0.1, 0.15) is 17.3 Å². The highest BCUT2D eigenvalue weighted by Gasteiger charge is 2.06. The maximum absolute atomic E-state index is 11.0. The molecular weight excluding hydrogens is 244 g/mol. The van der Waals surface area contributed by atoms with E-state index < -0.39 is 5.97 Å². The largest absolute Gasteiger partial charge is 0.478 e. The van der Waals surface area contributed by atoms with Crippen LogP contribution in [0.4, 0.5) is 5.69 Å². The molecule has 0 saturated heterocycles. The molecule has 5 heteroatoms.